The zero-order valence-electron chi connectivity index (χ0n) is 11.6. The molecule has 0 aliphatic heterocycles. The van der Waals surface area contributed by atoms with Crippen molar-refractivity contribution >= 4 is 0 Å². The van der Waals surface area contributed by atoms with E-state index in [0.717, 1.165) is 12.1 Å². The van der Waals surface area contributed by atoms with Gasteiger partial charge in [0.25, 0.3) is 0 Å². The molecule has 0 fully saturated rings. The number of hydrogen-bond donors (Lipinski definition) is 1. The zero-order valence-corrected chi connectivity index (χ0v) is 11.6. The Hall–Kier alpha value is -0.830. The third-order valence-electron chi connectivity index (χ3n) is 3.32. The second kappa shape index (κ2) is 7.49. The summed E-state index contributed by atoms with van der Waals surface area (Å²) >= 11 is 0. The molecule has 1 heterocycles. The van der Waals surface area contributed by atoms with Gasteiger partial charge in [-0.2, -0.15) is 5.10 Å². The van der Waals surface area contributed by atoms with Gasteiger partial charge < -0.3 is 5.73 Å². The topological polar surface area (TPSA) is 43.8 Å². The molecule has 1 unspecified atom stereocenters. The highest BCUT2D eigenvalue weighted by Gasteiger charge is 2.11. The van der Waals surface area contributed by atoms with Crippen LogP contribution in [0.5, 0.6) is 0 Å². The second-order valence-electron chi connectivity index (χ2n) is 5.01. The molecule has 1 rings (SSSR count). The molecule has 0 saturated heterocycles. The van der Waals surface area contributed by atoms with Crippen LogP contribution in [0.3, 0.4) is 0 Å². The van der Waals surface area contributed by atoms with Gasteiger partial charge in [-0.25, -0.2) is 0 Å². The maximum absolute atomic E-state index is 6.20. The Morgan fingerprint density at radius 3 is 2.47 bits per heavy atom. The fourth-order valence-corrected chi connectivity index (χ4v) is 2.28. The lowest BCUT2D eigenvalue weighted by molar-refractivity contribution is 0.546. The average molecular weight is 237 g/mol. The van der Waals surface area contributed by atoms with Crippen molar-refractivity contribution in [1.82, 2.24) is 9.78 Å². The molecule has 0 aliphatic rings. The van der Waals surface area contributed by atoms with E-state index in [9.17, 15) is 0 Å². The summed E-state index contributed by atoms with van der Waals surface area (Å²) in [5.74, 6) is 0. The number of unbranched alkanes of at least 4 members (excludes halogenated alkanes) is 5. The fraction of sp³-hybridized carbons (Fsp3) is 0.786. The van der Waals surface area contributed by atoms with Crippen molar-refractivity contribution in [2.24, 2.45) is 12.8 Å². The van der Waals surface area contributed by atoms with Crippen LogP contribution in [-0.2, 0) is 7.05 Å². The van der Waals surface area contributed by atoms with Crippen molar-refractivity contribution in [2.45, 2.75) is 64.8 Å². The lowest BCUT2D eigenvalue weighted by Crippen LogP contribution is -2.10. The maximum Gasteiger partial charge on any atom is 0.0641 e. The maximum atomic E-state index is 6.20. The van der Waals surface area contributed by atoms with Crippen LogP contribution in [0, 0.1) is 6.92 Å². The molecular formula is C14H27N3. The number of nitrogens with zero attached hydrogens (tertiary/aromatic N) is 2. The number of nitrogens with two attached hydrogens (primary N) is 1. The van der Waals surface area contributed by atoms with Gasteiger partial charge in [-0.3, -0.25) is 4.68 Å². The van der Waals surface area contributed by atoms with E-state index in [2.05, 4.69) is 18.2 Å². The molecule has 0 radical (unpaired) electrons. The Kier molecular flexibility index (Phi) is 6.27. The fourth-order valence-electron chi connectivity index (χ4n) is 2.28. The molecule has 1 aromatic rings. The summed E-state index contributed by atoms with van der Waals surface area (Å²) in [6.07, 6.45) is 11.1. The Morgan fingerprint density at radius 1 is 1.24 bits per heavy atom. The van der Waals surface area contributed by atoms with Gasteiger partial charge in [0.05, 0.1) is 5.69 Å². The number of aromatic nitrogens is 2. The van der Waals surface area contributed by atoms with Crippen LogP contribution in [0.4, 0.5) is 0 Å². The predicted octanol–water partition coefficient (Wildman–Crippen LogP) is 3.48. The molecule has 0 aliphatic carbocycles. The van der Waals surface area contributed by atoms with Crippen molar-refractivity contribution < 1.29 is 0 Å². The molecule has 2 N–H and O–H groups in total. The first-order valence-corrected chi connectivity index (χ1v) is 6.91. The SMILES string of the molecule is CCCCCCCCC(N)c1cn(C)nc1C. The van der Waals surface area contributed by atoms with Crippen LogP contribution in [0.1, 0.15) is 69.2 Å². The quantitative estimate of drug-likeness (QED) is 0.703. The number of rotatable bonds is 8. The summed E-state index contributed by atoms with van der Waals surface area (Å²) < 4.78 is 1.85. The first kappa shape index (κ1) is 14.2. The standard InChI is InChI=1S/C14H27N3/c1-4-5-6-7-8-9-10-14(15)13-11-17(3)16-12(13)2/h11,14H,4-10,15H2,1-3H3. The monoisotopic (exact) mass is 237 g/mol. The minimum atomic E-state index is 0.162. The molecule has 3 nitrogen and oxygen atoms in total. The highest BCUT2D eigenvalue weighted by atomic mass is 15.2. The lowest BCUT2D eigenvalue weighted by Gasteiger charge is -2.10. The summed E-state index contributed by atoms with van der Waals surface area (Å²) in [6, 6.07) is 0.162. The van der Waals surface area contributed by atoms with E-state index >= 15 is 0 Å². The Labute approximate surface area is 105 Å². The van der Waals surface area contributed by atoms with Crippen molar-refractivity contribution in [3.8, 4) is 0 Å². The molecule has 0 aromatic carbocycles. The van der Waals surface area contributed by atoms with Gasteiger partial charge in [0.1, 0.15) is 0 Å². The largest absolute Gasteiger partial charge is 0.324 e. The lowest BCUT2D eigenvalue weighted by atomic mass is 10.0. The molecule has 0 spiro atoms. The van der Waals surface area contributed by atoms with Crippen LogP contribution in [0.2, 0.25) is 0 Å². The van der Waals surface area contributed by atoms with Crippen LogP contribution in [0.15, 0.2) is 6.20 Å². The molecular weight excluding hydrogens is 210 g/mol. The van der Waals surface area contributed by atoms with Gasteiger partial charge in [0.15, 0.2) is 0 Å². The number of aryl methyl sites for hydroxylation is 2. The molecule has 3 heteroatoms. The van der Waals surface area contributed by atoms with Crippen LogP contribution >= 0.6 is 0 Å². The van der Waals surface area contributed by atoms with Gasteiger partial charge in [0, 0.05) is 24.8 Å². The Morgan fingerprint density at radius 2 is 1.88 bits per heavy atom. The molecule has 17 heavy (non-hydrogen) atoms. The highest BCUT2D eigenvalue weighted by Crippen LogP contribution is 2.20. The minimum absolute atomic E-state index is 0.162. The summed E-state index contributed by atoms with van der Waals surface area (Å²) in [6.45, 7) is 4.29. The van der Waals surface area contributed by atoms with Crippen molar-refractivity contribution in [3.05, 3.63) is 17.5 Å². The van der Waals surface area contributed by atoms with Crippen molar-refractivity contribution in [1.29, 1.82) is 0 Å². The average Bonchev–Trinajstić information content (AvgIpc) is 2.62. The van der Waals surface area contributed by atoms with E-state index in [-0.39, 0.29) is 6.04 Å². The normalized spacial score (nSPS) is 12.9. The molecule has 0 saturated carbocycles. The van der Waals surface area contributed by atoms with E-state index in [0.29, 0.717) is 0 Å². The van der Waals surface area contributed by atoms with E-state index in [4.69, 9.17) is 5.73 Å². The van der Waals surface area contributed by atoms with E-state index < -0.39 is 0 Å². The third kappa shape index (κ3) is 4.90. The van der Waals surface area contributed by atoms with Gasteiger partial charge in [-0.1, -0.05) is 45.4 Å². The summed E-state index contributed by atoms with van der Waals surface area (Å²) in [5, 5.41) is 4.34. The van der Waals surface area contributed by atoms with E-state index in [1.165, 1.54) is 44.1 Å². The van der Waals surface area contributed by atoms with Crippen LogP contribution < -0.4 is 5.73 Å². The zero-order chi connectivity index (χ0) is 12.7. The number of hydrogen-bond acceptors (Lipinski definition) is 2. The first-order valence-electron chi connectivity index (χ1n) is 6.91. The molecule has 0 bridgehead atoms. The van der Waals surface area contributed by atoms with Gasteiger partial charge in [0.2, 0.25) is 0 Å². The second-order valence-corrected chi connectivity index (χ2v) is 5.01. The predicted molar refractivity (Wildman–Crippen MR) is 72.9 cm³/mol. The van der Waals surface area contributed by atoms with Crippen molar-refractivity contribution in [3.63, 3.8) is 0 Å². The smallest absolute Gasteiger partial charge is 0.0641 e. The summed E-state index contributed by atoms with van der Waals surface area (Å²) in [4.78, 5) is 0. The first-order chi connectivity index (χ1) is 8.15. The minimum Gasteiger partial charge on any atom is -0.324 e. The van der Waals surface area contributed by atoms with E-state index in [1.54, 1.807) is 0 Å². The van der Waals surface area contributed by atoms with Gasteiger partial charge in [-0.15, -0.1) is 0 Å². The summed E-state index contributed by atoms with van der Waals surface area (Å²) in [5.41, 5.74) is 8.48. The highest BCUT2D eigenvalue weighted by molar-refractivity contribution is 5.19. The molecule has 0 amide bonds. The van der Waals surface area contributed by atoms with Gasteiger partial charge >= 0.3 is 0 Å². The van der Waals surface area contributed by atoms with Crippen LogP contribution in [-0.4, -0.2) is 9.78 Å². The Bertz CT molecular complexity index is 317. The van der Waals surface area contributed by atoms with Crippen molar-refractivity contribution in [2.75, 3.05) is 0 Å². The molecule has 1 atom stereocenters. The van der Waals surface area contributed by atoms with Crippen LogP contribution in [0.25, 0.3) is 0 Å². The summed E-state index contributed by atoms with van der Waals surface area (Å²) in [7, 11) is 1.95. The van der Waals surface area contributed by atoms with Gasteiger partial charge in [-0.05, 0) is 13.3 Å². The molecule has 1 aromatic heterocycles. The third-order valence-corrected chi connectivity index (χ3v) is 3.32. The molecule has 98 valence electrons. The van der Waals surface area contributed by atoms with E-state index in [1.807, 2.05) is 18.7 Å². The Balaban J connectivity index is 2.21.